The van der Waals surface area contributed by atoms with Crippen LogP contribution in [0, 0.1) is 11.8 Å². The van der Waals surface area contributed by atoms with Crippen molar-refractivity contribution in [1.82, 2.24) is 14.8 Å². The number of hydrogen-bond donors (Lipinski definition) is 1. The SMILES string of the molecule is OCCC#Cc1ccc(-c2ncn(C3=CC=C(OC(F)(F)F)CC3)n2)cc1. The van der Waals surface area contributed by atoms with Crippen LogP contribution < -0.4 is 0 Å². The average molecular weight is 375 g/mol. The lowest BCUT2D eigenvalue weighted by Gasteiger charge is -2.16. The van der Waals surface area contributed by atoms with E-state index in [1.165, 1.54) is 12.4 Å². The van der Waals surface area contributed by atoms with E-state index < -0.39 is 6.36 Å². The van der Waals surface area contributed by atoms with Gasteiger partial charge in [-0.05, 0) is 42.8 Å². The first kappa shape index (κ1) is 18.7. The molecule has 0 amide bonds. The van der Waals surface area contributed by atoms with Crippen LogP contribution in [0.25, 0.3) is 17.1 Å². The van der Waals surface area contributed by atoms with Crippen molar-refractivity contribution in [2.45, 2.75) is 25.6 Å². The van der Waals surface area contributed by atoms with Gasteiger partial charge in [0.1, 0.15) is 12.1 Å². The summed E-state index contributed by atoms with van der Waals surface area (Å²) in [5.74, 6) is 6.17. The van der Waals surface area contributed by atoms with Crippen molar-refractivity contribution in [1.29, 1.82) is 0 Å². The molecule has 1 aromatic heterocycles. The quantitative estimate of drug-likeness (QED) is 0.828. The maximum absolute atomic E-state index is 12.2. The van der Waals surface area contributed by atoms with E-state index in [9.17, 15) is 13.2 Å². The van der Waals surface area contributed by atoms with Crippen molar-refractivity contribution in [3.63, 3.8) is 0 Å². The smallest absolute Gasteiger partial charge is 0.410 e. The van der Waals surface area contributed by atoms with Gasteiger partial charge in [0, 0.05) is 29.7 Å². The Morgan fingerprint density at radius 2 is 1.93 bits per heavy atom. The molecule has 1 heterocycles. The highest BCUT2D eigenvalue weighted by atomic mass is 19.4. The van der Waals surface area contributed by atoms with Crippen LogP contribution >= 0.6 is 0 Å². The summed E-state index contributed by atoms with van der Waals surface area (Å²) in [6.07, 6.45) is 0.626. The van der Waals surface area contributed by atoms with E-state index in [2.05, 4.69) is 26.7 Å². The van der Waals surface area contributed by atoms with E-state index in [1.54, 1.807) is 10.8 Å². The summed E-state index contributed by atoms with van der Waals surface area (Å²) in [7, 11) is 0. The Kier molecular flexibility index (Phi) is 5.62. The maximum Gasteiger partial charge on any atom is 0.572 e. The first-order valence-electron chi connectivity index (χ1n) is 8.22. The molecule has 3 rings (SSSR count). The Morgan fingerprint density at radius 1 is 1.15 bits per heavy atom. The van der Waals surface area contributed by atoms with E-state index >= 15 is 0 Å². The molecule has 0 spiro atoms. The number of rotatable bonds is 4. The first-order valence-corrected chi connectivity index (χ1v) is 8.22. The first-order chi connectivity index (χ1) is 12.9. The van der Waals surface area contributed by atoms with Gasteiger partial charge in [-0.2, -0.15) is 0 Å². The van der Waals surface area contributed by atoms with Crippen LogP contribution in [0.5, 0.6) is 0 Å². The Hall–Kier alpha value is -3.05. The molecule has 0 saturated heterocycles. The monoisotopic (exact) mass is 375 g/mol. The molecule has 1 N–H and O–H groups in total. The number of benzene rings is 1. The molecule has 1 aliphatic carbocycles. The van der Waals surface area contributed by atoms with Gasteiger partial charge < -0.3 is 9.84 Å². The number of allylic oxidation sites excluding steroid dienone is 4. The van der Waals surface area contributed by atoms with Gasteiger partial charge in [0.25, 0.3) is 0 Å². The summed E-state index contributed by atoms with van der Waals surface area (Å²) in [4.78, 5) is 4.26. The minimum Gasteiger partial charge on any atom is -0.410 e. The number of aromatic nitrogens is 3. The number of nitrogens with zero attached hydrogens (tertiary/aromatic N) is 3. The fourth-order valence-corrected chi connectivity index (χ4v) is 2.49. The van der Waals surface area contributed by atoms with E-state index in [0.717, 1.165) is 16.8 Å². The standard InChI is InChI=1S/C19H16F3N3O2/c20-19(21,22)27-17-10-8-16(9-11-17)25-13-23-18(24-25)15-6-4-14(5-7-15)3-1-2-12-26/h4-8,10,13,26H,2,9,11-12H2. The van der Waals surface area contributed by atoms with Gasteiger partial charge in [0.15, 0.2) is 5.82 Å². The average Bonchev–Trinajstić information content (AvgIpc) is 3.12. The fourth-order valence-electron chi connectivity index (χ4n) is 2.49. The Morgan fingerprint density at radius 3 is 2.56 bits per heavy atom. The minimum absolute atomic E-state index is 0.0291. The Labute approximate surface area is 153 Å². The molecular weight excluding hydrogens is 359 g/mol. The third kappa shape index (κ3) is 5.21. The van der Waals surface area contributed by atoms with Crippen LogP contribution in [0.1, 0.15) is 24.8 Å². The summed E-state index contributed by atoms with van der Waals surface area (Å²) in [5.41, 5.74) is 2.35. The normalized spacial score (nSPS) is 14.1. The summed E-state index contributed by atoms with van der Waals surface area (Å²) < 4.78 is 42.2. The van der Waals surface area contributed by atoms with Crippen LogP contribution in [-0.2, 0) is 4.74 Å². The molecule has 8 heteroatoms. The van der Waals surface area contributed by atoms with Crippen LogP contribution in [0.15, 0.2) is 48.5 Å². The lowest BCUT2D eigenvalue weighted by molar-refractivity contribution is -0.306. The van der Waals surface area contributed by atoms with Crippen molar-refractivity contribution in [3.8, 4) is 23.2 Å². The summed E-state index contributed by atoms with van der Waals surface area (Å²) in [6, 6.07) is 7.35. The second kappa shape index (κ2) is 8.10. The second-order valence-corrected chi connectivity index (χ2v) is 5.70. The van der Waals surface area contributed by atoms with E-state index in [0.29, 0.717) is 18.7 Å². The molecule has 140 valence electrons. The van der Waals surface area contributed by atoms with Crippen molar-refractivity contribution >= 4 is 5.70 Å². The summed E-state index contributed by atoms with van der Waals surface area (Å²) >= 11 is 0. The van der Waals surface area contributed by atoms with E-state index in [-0.39, 0.29) is 18.8 Å². The van der Waals surface area contributed by atoms with Gasteiger partial charge in [-0.15, -0.1) is 18.3 Å². The Bertz CT molecular complexity index is 916. The number of halogens is 3. The van der Waals surface area contributed by atoms with Crippen LogP contribution in [-0.4, -0.2) is 32.8 Å². The third-order valence-corrected chi connectivity index (χ3v) is 3.73. The van der Waals surface area contributed by atoms with Crippen LogP contribution in [0.2, 0.25) is 0 Å². The van der Waals surface area contributed by atoms with Crippen molar-refractivity contribution in [3.05, 3.63) is 54.1 Å². The van der Waals surface area contributed by atoms with E-state index in [1.807, 2.05) is 24.3 Å². The molecule has 27 heavy (non-hydrogen) atoms. The Balaban J connectivity index is 1.71. The van der Waals surface area contributed by atoms with Crippen molar-refractivity contribution < 1.29 is 23.0 Å². The predicted molar refractivity (Wildman–Crippen MR) is 92.8 cm³/mol. The molecule has 5 nitrogen and oxygen atoms in total. The molecular formula is C19H16F3N3O2. The molecule has 1 aliphatic rings. The molecule has 0 aliphatic heterocycles. The number of aliphatic hydroxyl groups excluding tert-OH is 1. The van der Waals surface area contributed by atoms with Gasteiger partial charge in [-0.1, -0.05) is 11.8 Å². The molecule has 0 radical (unpaired) electrons. The second-order valence-electron chi connectivity index (χ2n) is 5.70. The molecule has 1 aromatic carbocycles. The zero-order chi connectivity index (χ0) is 19.3. The lowest BCUT2D eigenvalue weighted by Crippen LogP contribution is -2.14. The number of ether oxygens (including phenoxy) is 1. The minimum atomic E-state index is -4.67. The highest BCUT2D eigenvalue weighted by Gasteiger charge is 2.32. The number of hydrogen-bond acceptors (Lipinski definition) is 4. The molecule has 0 atom stereocenters. The molecule has 0 fully saturated rings. The summed E-state index contributed by atoms with van der Waals surface area (Å²) in [6.45, 7) is 0.0291. The van der Waals surface area contributed by atoms with E-state index in [4.69, 9.17) is 5.11 Å². The van der Waals surface area contributed by atoms with Gasteiger partial charge in [-0.25, -0.2) is 9.67 Å². The number of aliphatic hydroxyl groups is 1. The molecule has 2 aromatic rings. The molecule has 0 bridgehead atoms. The predicted octanol–water partition coefficient (Wildman–Crippen LogP) is 3.73. The molecule has 0 saturated carbocycles. The van der Waals surface area contributed by atoms with Crippen molar-refractivity contribution in [2.75, 3.05) is 6.61 Å². The van der Waals surface area contributed by atoms with Gasteiger partial charge in [0.2, 0.25) is 0 Å². The van der Waals surface area contributed by atoms with Gasteiger partial charge in [-0.3, -0.25) is 0 Å². The van der Waals surface area contributed by atoms with Gasteiger partial charge >= 0.3 is 6.36 Å². The third-order valence-electron chi connectivity index (χ3n) is 3.73. The number of alkyl halides is 3. The maximum atomic E-state index is 12.2. The summed E-state index contributed by atoms with van der Waals surface area (Å²) in [5, 5.41) is 13.1. The van der Waals surface area contributed by atoms with Gasteiger partial charge in [0.05, 0.1) is 6.61 Å². The zero-order valence-electron chi connectivity index (χ0n) is 14.2. The largest absolute Gasteiger partial charge is 0.572 e. The highest BCUT2D eigenvalue weighted by Crippen LogP contribution is 2.28. The fraction of sp³-hybridized carbons (Fsp3) is 0.263. The topological polar surface area (TPSA) is 60.2 Å². The highest BCUT2D eigenvalue weighted by molar-refractivity contribution is 5.58. The zero-order valence-corrected chi connectivity index (χ0v) is 14.2. The van der Waals surface area contributed by atoms with Crippen LogP contribution in [0.3, 0.4) is 0 Å². The molecule has 0 unspecified atom stereocenters. The lowest BCUT2D eigenvalue weighted by atomic mass is 10.1. The van der Waals surface area contributed by atoms with Crippen molar-refractivity contribution in [2.24, 2.45) is 0 Å². The van der Waals surface area contributed by atoms with Crippen LogP contribution in [0.4, 0.5) is 13.2 Å².